The van der Waals surface area contributed by atoms with E-state index in [2.05, 4.69) is 15.3 Å². The summed E-state index contributed by atoms with van der Waals surface area (Å²) in [5.41, 5.74) is 1.11. The lowest BCUT2D eigenvalue weighted by molar-refractivity contribution is 0.232. The van der Waals surface area contributed by atoms with Gasteiger partial charge in [-0.3, -0.25) is 0 Å². The first-order valence-electron chi connectivity index (χ1n) is 6.11. The first-order valence-corrected chi connectivity index (χ1v) is 6.49. The SMILES string of the molecule is CC(C)Oc1ccnc(NCc2ccc(Cl)cc2)n1. The van der Waals surface area contributed by atoms with Crippen LogP contribution < -0.4 is 10.1 Å². The first kappa shape index (κ1) is 13.6. The summed E-state index contributed by atoms with van der Waals surface area (Å²) in [6.45, 7) is 4.56. The molecular formula is C14H16ClN3O. The van der Waals surface area contributed by atoms with E-state index in [9.17, 15) is 0 Å². The molecule has 0 atom stereocenters. The number of nitrogens with zero attached hydrogens (tertiary/aromatic N) is 2. The Hall–Kier alpha value is -1.81. The molecule has 0 saturated heterocycles. The summed E-state index contributed by atoms with van der Waals surface area (Å²) >= 11 is 5.84. The number of aromatic nitrogens is 2. The van der Waals surface area contributed by atoms with Gasteiger partial charge in [-0.15, -0.1) is 0 Å². The van der Waals surface area contributed by atoms with E-state index in [4.69, 9.17) is 16.3 Å². The summed E-state index contributed by atoms with van der Waals surface area (Å²) in [5.74, 6) is 1.12. The van der Waals surface area contributed by atoms with Gasteiger partial charge in [-0.05, 0) is 31.5 Å². The second-order valence-electron chi connectivity index (χ2n) is 4.37. The van der Waals surface area contributed by atoms with Crippen molar-refractivity contribution >= 4 is 17.5 Å². The molecule has 0 unspecified atom stereocenters. The van der Waals surface area contributed by atoms with Gasteiger partial charge < -0.3 is 10.1 Å². The molecule has 0 aliphatic rings. The number of benzene rings is 1. The lowest BCUT2D eigenvalue weighted by Crippen LogP contribution is -2.09. The van der Waals surface area contributed by atoms with Crippen molar-refractivity contribution in [3.8, 4) is 5.88 Å². The number of anilines is 1. The maximum Gasteiger partial charge on any atom is 0.226 e. The van der Waals surface area contributed by atoms with Gasteiger partial charge in [-0.25, -0.2) is 4.98 Å². The molecule has 2 aromatic rings. The average molecular weight is 278 g/mol. The van der Waals surface area contributed by atoms with Crippen LogP contribution in [0.25, 0.3) is 0 Å². The zero-order chi connectivity index (χ0) is 13.7. The topological polar surface area (TPSA) is 47.0 Å². The molecule has 4 nitrogen and oxygen atoms in total. The number of nitrogens with one attached hydrogen (secondary N) is 1. The van der Waals surface area contributed by atoms with Crippen LogP contribution in [0.3, 0.4) is 0 Å². The van der Waals surface area contributed by atoms with Crippen molar-refractivity contribution in [1.82, 2.24) is 9.97 Å². The van der Waals surface area contributed by atoms with E-state index >= 15 is 0 Å². The van der Waals surface area contributed by atoms with Crippen LogP contribution >= 0.6 is 11.6 Å². The fourth-order valence-electron chi connectivity index (χ4n) is 1.52. The van der Waals surface area contributed by atoms with Crippen molar-refractivity contribution in [3.05, 3.63) is 47.1 Å². The largest absolute Gasteiger partial charge is 0.475 e. The van der Waals surface area contributed by atoms with Crippen LogP contribution in [0.5, 0.6) is 5.88 Å². The molecule has 0 aliphatic heterocycles. The Morgan fingerprint density at radius 2 is 1.95 bits per heavy atom. The molecule has 0 bridgehead atoms. The van der Waals surface area contributed by atoms with E-state index in [1.54, 1.807) is 12.3 Å². The summed E-state index contributed by atoms with van der Waals surface area (Å²) in [7, 11) is 0. The van der Waals surface area contributed by atoms with E-state index in [0.717, 1.165) is 10.6 Å². The van der Waals surface area contributed by atoms with Crippen LogP contribution in [-0.2, 0) is 6.54 Å². The lowest BCUT2D eigenvalue weighted by atomic mass is 10.2. The van der Waals surface area contributed by atoms with Crippen LogP contribution in [-0.4, -0.2) is 16.1 Å². The van der Waals surface area contributed by atoms with Crippen LogP contribution in [0, 0.1) is 0 Å². The number of halogens is 1. The molecule has 1 aromatic heterocycles. The Kier molecular flexibility index (Phi) is 4.58. The Bertz CT molecular complexity index is 528. The number of ether oxygens (including phenoxy) is 1. The van der Waals surface area contributed by atoms with Crippen molar-refractivity contribution < 1.29 is 4.74 Å². The highest BCUT2D eigenvalue weighted by Gasteiger charge is 2.02. The first-order chi connectivity index (χ1) is 9.13. The highest BCUT2D eigenvalue weighted by atomic mass is 35.5. The van der Waals surface area contributed by atoms with Crippen molar-refractivity contribution in [2.75, 3.05) is 5.32 Å². The highest BCUT2D eigenvalue weighted by Crippen LogP contribution is 2.13. The van der Waals surface area contributed by atoms with Gasteiger partial charge in [0.15, 0.2) is 0 Å². The van der Waals surface area contributed by atoms with Gasteiger partial charge in [0.2, 0.25) is 11.8 Å². The molecular weight excluding hydrogens is 262 g/mol. The maximum absolute atomic E-state index is 5.84. The molecule has 0 spiro atoms. The Balaban J connectivity index is 1.97. The fourth-order valence-corrected chi connectivity index (χ4v) is 1.64. The van der Waals surface area contributed by atoms with E-state index in [0.29, 0.717) is 18.4 Å². The summed E-state index contributed by atoms with van der Waals surface area (Å²) in [6, 6.07) is 9.39. The van der Waals surface area contributed by atoms with Crippen molar-refractivity contribution in [1.29, 1.82) is 0 Å². The second kappa shape index (κ2) is 6.38. The molecule has 1 N–H and O–H groups in total. The molecule has 0 saturated carbocycles. The third-order valence-electron chi connectivity index (χ3n) is 2.35. The molecule has 0 amide bonds. The second-order valence-corrected chi connectivity index (χ2v) is 4.80. The number of hydrogen-bond donors (Lipinski definition) is 1. The summed E-state index contributed by atoms with van der Waals surface area (Å²) < 4.78 is 5.51. The third kappa shape index (κ3) is 4.41. The fraction of sp³-hybridized carbons (Fsp3) is 0.286. The minimum absolute atomic E-state index is 0.0963. The molecule has 100 valence electrons. The van der Waals surface area contributed by atoms with Gasteiger partial charge in [0.25, 0.3) is 0 Å². The maximum atomic E-state index is 5.84. The number of hydrogen-bond acceptors (Lipinski definition) is 4. The molecule has 19 heavy (non-hydrogen) atoms. The number of rotatable bonds is 5. The van der Waals surface area contributed by atoms with Crippen LogP contribution in [0.1, 0.15) is 19.4 Å². The van der Waals surface area contributed by atoms with Crippen molar-refractivity contribution in [2.24, 2.45) is 0 Å². The van der Waals surface area contributed by atoms with Crippen LogP contribution in [0.2, 0.25) is 5.02 Å². The van der Waals surface area contributed by atoms with Gasteiger partial charge in [-0.1, -0.05) is 23.7 Å². The van der Waals surface area contributed by atoms with E-state index in [-0.39, 0.29) is 6.10 Å². The standard InChI is InChI=1S/C14H16ClN3O/c1-10(2)19-13-7-8-16-14(18-13)17-9-11-3-5-12(15)6-4-11/h3-8,10H,9H2,1-2H3,(H,16,17,18). The third-order valence-corrected chi connectivity index (χ3v) is 2.60. The molecule has 2 rings (SSSR count). The Labute approximate surface area is 117 Å². The van der Waals surface area contributed by atoms with Crippen molar-refractivity contribution in [2.45, 2.75) is 26.5 Å². The molecule has 1 aromatic carbocycles. The van der Waals surface area contributed by atoms with Gasteiger partial charge in [-0.2, -0.15) is 4.98 Å². The molecule has 0 aliphatic carbocycles. The van der Waals surface area contributed by atoms with E-state index < -0.39 is 0 Å². The molecule has 0 radical (unpaired) electrons. The average Bonchev–Trinajstić information content (AvgIpc) is 2.38. The Morgan fingerprint density at radius 1 is 1.21 bits per heavy atom. The van der Waals surface area contributed by atoms with Crippen LogP contribution in [0.15, 0.2) is 36.5 Å². The highest BCUT2D eigenvalue weighted by molar-refractivity contribution is 6.30. The summed E-state index contributed by atoms with van der Waals surface area (Å²) in [5, 5.41) is 3.88. The zero-order valence-corrected chi connectivity index (χ0v) is 11.7. The smallest absolute Gasteiger partial charge is 0.226 e. The minimum atomic E-state index is 0.0963. The lowest BCUT2D eigenvalue weighted by Gasteiger charge is -2.10. The van der Waals surface area contributed by atoms with Gasteiger partial charge in [0.05, 0.1) is 6.10 Å². The zero-order valence-electron chi connectivity index (χ0n) is 10.9. The molecule has 0 fully saturated rings. The predicted octanol–water partition coefficient (Wildman–Crippen LogP) is 3.53. The summed E-state index contributed by atoms with van der Waals surface area (Å²) in [6.07, 6.45) is 1.77. The molecule has 1 heterocycles. The minimum Gasteiger partial charge on any atom is -0.475 e. The van der Waals surface area contributed by atoms with Gasteiger partial charge >= 0.3 is 0 Å². The van der Waals surface area contributed by atoms with Crippen molar-refractivity contribution in [3.63, 3.8) is 0 Å². The predicted molar refractivity (Wildman–Crippen MR) is 76.6 cm³/mol. The van der Waals surface area contributed by atoms with Crippen LogP contribution in [0.4, 0.5) is 5.95 Å². The van der Waals surface area contributed by atoms with Gasteiger partial charge in [0, 0.05) is 23.8 Å². The molecule has 5 heteroatoms. The van der Waals surface area contributed by atoms with E-state index in [1.165, 1.54) is 0 Å². The Morgan fingerprint density at radius 3 is 2.63 bits per heavy atom. The monoisotopic (exact) mass is 277 g/mol. The van der Waals surface area contributed by atoms with Gasteiger partial charge in [0.1, 0.15) is 0 Å². The summed E-state index contributed by atoms with van der Waals surface area (Å²) in [4.78, 5) is 8.43. The normalized spacial score (nSPS) is 10.5. The quantitative estimate of drug-likeness (QED) is 0.908. The van der Waals surface area contributed by atoms with E-state index in [1.807, 2.05) is 38.1 Å².